The van der Waals surface area contributed by atoms with Gasteiger partial charge in [0.25, 0.3) is 0 Å². The second kappa shape index (κ2) is 5.56. The Morgan fingerprint density at radius 3 is 2.72 bits per heavy atom. The quantitative estimate of drug-likeness (QED) is 0.823. The minimum absolute atomic E-state index is 0.158. The lowest BCUT2D eigenvalue weighted by Gasteiger charge is -2.24. The number of halogens is 1. The molecule has 0 aliphatic carbocycles. The molecule has 0 spiro atoms. The minimum Gasteiger partial charge on any atom is -0.495 e. The van der Waals surface area contributed by atoms with Crippen molar-refractivity contribution in [2.45, 2.75) is 18.9 Å². The van der Waals surface area contributed by atoms with Crippen molar-refractivity contribution in [2.75, 3.05) is 29.7 Å². The summed E-state index contributed by atoms with van der Waals surface area (Å²) in [4.78, 5) is 0. The van der Waals surface area contributed by atoms with Crippen LogP contribution < -0.4 is 15.8 Å². The summed E-state index contributed by atoms with van der Waals surface area (Å²) in [6.07, 6.45) is 1.58. The van der Waals surface area contributed by atoms with Crippen LogP contribution in [0.4, 0.5) is 15.8 Å². The van der Waals surface area contributed by atoms with Gasteiger partial charge in [-0.05, 0) is 12.8 Å². The first kappa shape index (κ1) is 13.1. The number of anilines is 2. The number of nitrogens with one attached hydrogen (secondary N) is 1. The Hall–Kier alpha value is -1.30. The van der Waals surface area contributed by atoms with Gasteiger partial charge in [-0.2, -0.15) is 0 Å². The average Bonchev–Trinajstić information content (AvgIpc) is 2.35. The van der Waals surface area contributed by atoms with Crippen LogP contribution in [0.2, 0.25) is 0 Å². The number of benzene rings is 1. The maximum atomic E-state index is 13.7. The molecule has 100 valence electrons. The standard InChI is InChI=1S/C12H17FN2O2S/c1-17-12-7-11(9(13)6-10(12)14)15-8-2-4-18(16)5-3-8/h6-8,15H,2-5,14H2,1H3. The molecule has 0 unspecified atom stereocenters. The molecule has 1 aromatic carbocycles. The van der Waals surface area contributed by atoms with E-state index in [0.29, 0.717) is 22.9 Å². The Morgan fingerprint density at radius 2 is 2.11 bits per heavy atom. The lowest BCUT2D eigenvalue weighted by Crippen LogP contribution is -2.29. The van der Waals surface area contributed by atoms with Crippen molar-refractivity contribution < 1.29 is 13.3 Å². The molecular formula is C12H17FN2O2S. The van der Waals surface area contributed by atoms with E-state index < -0.39 is 10.8 Å². The monoisotopic (exact) mass is 272 g/mol. The Morgan fingerprint density at radius 1 is 1.44 bits per heavy atom. The summed E-state index contributed by atoms with van der Waals surface area (Å²) in [7, 11) is 0.785. The highest BCUT2D eigenvalue weighted by molar-refractivity contribution is 7.85. The summed E-state index contributed by atoms with van der Waals surface area (Å²) < 4.78 is 30.1. The second-order valence-electron chi connectivity index (χ2n) is 4.34. The zero-order valence-electron chi connectivity index (χ0n) is 10.2. The number of nitrogen functional groups attached to an aromatic ring is 1. The normalized spacial score (nSPS) is 23.7. The van der Waals surface area contributed by atoms with Gasteiger partial charge in [0.2, 0.25) is 0 Å². The van der Waals surface area contributed by atoms with Crippen molar-refractivity contribution >= 4 is 22.2 Å². The Labute approximate surface area is 108 Å². The first-order valence-electron chi connectivity index (χ1n) is 5.84. The van der Waals surface area contributed by atoms with Gasteiger partial charge in [0.05, 0.1) is 18.5 Å². The Bertz CT molecular complexity index is 458. The molecule has 1 fully saturated rings. The van der Waals surface area contributed by atoms with Crippen molar-refractivity contribution in [1.82, 2.24) is 0 Å². The number of rotatable bonds is 3. The zero-order valence-corrected chi connectivity index (χ0v) is 11.1. The van der Waals surface area contributed by atoms with Gasteiger partial charge in [-0.1, -0.05) is 0 Å². The van der Waals surface area contributed by atoms with Crippen LogP contribution in [-0.2, 0) is 10.8 Å². The predicted molar refractivity (Wildman–Crippen MR) is 71.9 cm³/mol. The fourth-order valence-electron chi connectivity index (χ4n) is 2.01. The van der Waals surface area contributed by atoms with Gasteiger partial charge in [-0.3, -0.25) is 4.21 Å². The van der Waals surface area contributed by atoms with Gasteiger partial charge in [0, 0.05) is 40.5 Å². The van der Waals surface area contributed by atoms with E-state index in [1.165, 1.54) is 13.2 Å². The molecule has 18 heavy (non-hydrogen) atoms. The van der Waals surface area contributed by atoms with Crippen LogP contribution in [0.15, 0.2) is 12.1 Å². The molecule has 1 aromatic rings. The SMILES string of the molecule is COc1cc(NC2CCS(=O)CC2)c(F)cc1N. The lowest BCUT2D eigenvalue weighted by molar-refractivity contribution is 0.416. The Balaban J connectivity index is 2.11. The van der Waals surface area contributed by atoms with Gasteiger partial charge >= 0.3 is 0 Å². The second-order valence-corrected chi connectivity index (χ2v) is 6.04. The smallest absolute Gasteiger partial charge is 0.148 e. The van der Waals surface area contributed by atoms with Gasteiger partial charge in [-0.25, -0.2) is 4.39 Å². The Kier molecular flexibility index (Phi) is 4.06. The number of nitrogens with two attached hydrogens (primary N) is 1. The van der Waals surface area contributed by atoms with E-state index in [9.17, 15) is 8.60 Å². The van der Waals surface area contributed by atoms with Crippen LogP contribution in [0.1, 0.15) is 12.8 Å². The summed E-state index contributed by atoms with van der Waals surface area (Å²) in [5.74, 6) is 1.41. The number of hydrogen-bond acceptors (Lipinski definition) is 4. The third-order valence-corrected chi connectivity index (χ3v) is 4.45. The van der Waals surface area contributed by atoms with Crippen molar-refractivity contribution in [3.8, 4) is 5.75 Å². The summed E-state index contributed by atoms with van der Waals surface area (Å²) in [6.45, 7) is 0. The highest BCUT2D eigenvalue weighted by Crippen LogP contribution is 2.29. The molecule has 2 rings (SSSR count). The zero-order chi connectivity index (χ0) is 13.1. The summed E-state index contributed by atoms with van der Waals surface area (Å²) >= 11 is 0. The molecule has 3 N–H and O–H groups in total. The first-order chi connectivity index (χ1) is 8.60. The van der Waals surface area contributed by atoms with Crippen LogP contribution in [-0.4, -0.2) is 28.9 Å². The van der Waals surface area contributed by atoms with E-state index in [0.717, 1.165) is 12.8 Å². The highest BCUT2D eigenvalue weighted by atomic mass is 32.2. The van der Waals surface area contributed by atoms with Crippen LogP contribution in [0.5, 0.6) is 5.75 Å². The highest BCUT2D eigenvalue weighted by Gasteiger charge is 2.19. The maximum absolute atomic E-state index is 13.7. The summed E-state index contributed by atoms with van der Waals surface area (Å²) in [5, 5.41) is 3.13. The van der Waals surface area contributed by atoms with Crippen LogP contribution in [0.25, 0.3) is 0 Å². The van der Waals surface area contributed by atoms with Gasteiger partial charge in [0.15, 0.2) is 0 Å². The molecule has 0 radical (unpaired) electrons. The third-order valence-electron chi connectivity index (χ3n) is 3.07. The molecule has 0 atom stereocenters. The number of ether oxygens (including phenoxy) is 1. The lowest BCUT2D eigenvalue weighted by atomic mass is 10.1. The van der Waals surface area contributed by atoms with Crippen molar-refractivity contribution in [2.24, 2.45) is 0 Å². The van der Waals surface area contributed by atoms with E-state index in [1.807, 2.05) is 0 Å². The molecule has 0 aromatic heterocycles. The van der Waals surface area contributed by atoms with Gasteiger partial charge in [0.1, 0.15) is 11.6 Å². The summed E-state index contributed by atoms with van der Waals surface area (Å²) in [5.41, 5.74) is 6.29. The van der Waals surface area contributed by atoms with Crippen molar-refractivity contribution in [1.29, 1.82) is 0 Å². The molecule has 6 heteroatoms. The van der Waals surface area contributed by atoms with E-state index in [1.54, 1.807) is 6.07 Å². The maximum Gasteiger partial charge on any atom is 0.148 e. The molecule has 0 amide bonds. The largest absolute Gasteiger partial charge is 0.495 e. The fourth-order valence-corrected chi connectivity index (χ4v) is 3.31. The van der Waals surface area contributed by atoms with E-state index in [2.05, 4.69) is 5.32 Å². The van der Waals surface area contributed by atoms with E-state index in [4.69, 9.17) is 10.5 Å². The molecule has 0 saturated carbocycles. The molecule has 1 saturated heterocycles. The van der Waals surface area contributed by atoms with Crippen LogP contribution in [0.3, 0.4) is 0 Å². The van der Waals surface area contributed by atoms with Gasteiger partial charge < -0.3 is 15.8 Å². The molecule has 4 nitrogen and oxygen atoms in total. The van der Waals surface area contributed by atoms with Crippen molar-refractivity contribution in [3.05, 3.63) is 17.9 Å². The third kappa shape index (κ3) is 2.93. The number of hydrogen-bond donors (Lipinski definition) is 2. The summed E-state index contributed by atoms with van der Waals surface area (Å²) in [6, 6.07) is 2.98. The average molecular weight is 272 g/mol. The molecule has 0 bridgehead atoms. The molecule has 1 heterocycles. The van der Waals surface area contributed by atoms with Crippen molar-refractivity contribution in [3.63, 3.8) is 0 Å². The minimum atomic E-state index is -0.712. The van der Waals surface area contributed by atoms with E-state index in [-0.39, 0.29) is 17.5 Å². The topological polar surface area (TPSA) is 64.3 Å². The number of methoxy groups -OCH3 is 1. The fraction of sp³-hybridized carbons (Fsp3) is 0.500. The van der Waals surface area contributed by atoms with Crippen LogP contribution >= 0.6 is 0 Å². The van der Waals surface area contributed by atoms with Gasteiger partial charge in [-0.15, -0.1) is 0 Å². The van der Waals surface area contributed by atoms with E-state index >= 15 is 0 Å². The van der Waals surface area contributed by atoms with Crippen LogP contribution in [0, 0.1) is 5.82 Å². The molecule has 1 aliphatic rings. The predicted octanol–water partition coefficient (Wildman–Crippen LogP) is 1.74. The molecular weight excluding hydrogens is 255 g/mol. The molecule has 1 aliphatic heterocycles. The first-order valence-corrected chi connectivity index (χ1v) is 7.33.